The molecule has 1 spiro atoms. The molecule has 13 rings (SSSR count). The minimum Gasteiger partial charge on any atom is -0.0619 e. The summed E-state index contributed by atoms with van der Waals surface area (Å²) in [7, 11) is 0. The molecule has 0 N–H and O–H groups in total. The Kier molecular flexibility index (Phi) is 5.65. The Hall–Kier alpha value is -7.02. The molecule has 0 saturated carbocycles. The summed E-state index contributed by atoms with van der Waals surface area (Å²) < 4.78 is 0. The fourth-order valence-electron chi connectivity index (χ4n) is 10.7. The zero-order valence-electron chi connectivity index (χ0n) is 30.0. The molecule has 2 aliphatic carbocycles. The zero-order chi connectivity index (χ0) is 35.8. The van der Waals surface area contributed by atoms with Crippen molar-refractivity contribution in [2.24, 2.45) is 0 Å². The molecule has 0 aromatic heterocycles. The van der Waals surface area contributed by atoms with Crippen LogP contribution >= 0.6 is 0 Å². The molecule has 0 nitrogen and oxygen atoms in total. The van der Waals surface area contributed by atoms with Gasteiger partial charge in [0, 0.05) is 0 Å². The Morgan fingerprint density at radius 1 is 0.255 bits per heavy atom. The molecule has 0 aliphatic heterocycles. The van der Waals surface area contributed by atoms with Gasteiger partial charge in [0.25, 0.3) is 0 Å². The van der Waals surface area contributed by atoms with Crippen LogP contribution in [0.25, 0.3) is 98.4 Å². The predicted molar refractivity (Wildman–Crippen MR) is 232 cm³/mol. The van der Waals surface area contributed by atoms with Gasteiger partial charge < -0.3 is 0 Å². The second-order valence-corrected chi connectivity index (χ2v) is 15.6. The lowest BCUT2D eigenvalue weighted by atomic mass is 9.69. The number of hydrogen-bond donors (Lipinski definition) is 0. The van der Waals surface area contributed by atoms with Crippen molar-refractivity contribution >= 4 is 53.9 Å². The van der Waals surface area contributed by atoms with Crippen LogP contribution in [0.5, 0.6) is 0 Å². The Morgan fingerprint density at radius 3 is 1.49 bits per heavy atom. The van der Waals surface area contributed by atoms with E-state index in [4.69, 9.17) is 0 Å². The van der Waals surface area contributed by atoms with Crippen molar-refractivity contribution in [3.63, 3.8) is 0 Å². The molecule has 55 heavy (non-hydrogen) atoms. The van der Waals surface area contributed by atoms with Gasteiger partial charge in [0.2, 0.25) is 0 Å². The number of hydrogen-bond acceptors (Lipinski definition) is 0. The monoisotopic (exact) mass is 692 g/mol. The van der Waals surface area contributed by atoms with E-state index in [-0.39, 0.29) is 0 Å². The van der Waals surface area contributed by atoms with Crippen LogP contribution in [0.1, 0.15) is 22.3 Å². The average Bonchev–Trinajstić information content (AvgIpc) is 3.71. The van der Waals surface area contributed by atoms with Gasteiger partial charge in [0.15, 0.2) is 0 Å². The number of fused-ring (bicyclic) bond motifs is 12. The van der Waals surface area contributed by atoms with Crippen LogP contribution in [-0.4, -0.2) is 0 Å². The van der Waals surface area contributed by atoms with Crippen molar-refractivity contribution in [3.8, 4) is 44.5 Å². The van der Waals surface area contributed by atoms with Crippen molar-refractivity contribution in [3.05, 3.63) is 216 Å². The van der Waals surface area contributed by atoms with Gasteiger partial charge in [-0.25, -0.2) is 0 Å². The van der Waals surface area contributed by atoms with Gasteiger partial charge in [0.1, 0.15) is 0 Å². The molecule has 0 amide bonds. The molecule has 0 fully saturated rings. The summed E-state index contributed by atoms with van der Waals surface area (Å²) in [6.45, 7) is 0. The third-order valence-electron chi connectivity index (χ3n) is 12.9. The van der Waals surface area contributed by atoms with Crippen LogP contribution in [0.15, 0.2) is 194 Å². The van der Waals surface area contributed by atoms with E-state index < -0.39 is 5.41 Å². The fourth-order valence-corrected chi connectivity index (χ4v) is 10.7. The van der Waals surface area contributed by atoms with E-state index in [9.17, 15) is 0 Å². The molecule has 0 heteroatoms. The smallest absolute Gasteiger partial charge is 0.0619 e. The third-order valence-corrected chi connectivity index (χ3v) is 12.9. The van der Waals surface area contributed by atoms with Crippen molar-refractivity contribution in [1.82, 2.24) is 0 Å². The Balaban J connectivity index is 1.21. The molecule has 11 aromatic rings. The second kappa shape index (κ2) is 10.6. The molecule has 0 atom stereocenters. The third kappa shape index (κ3) is 3.76. The van der Waals surface area contributed by atoms with E-state index in [1.165, 1.54) is 121 Å². The second-order valence-electron chi connectivity index (χ2n) is 15.6. The molecule has 11 aromatic carbocycles. The predicted octanol–water partition coefficient (Wildman–Crippen LogP) is 14.6. The van der Waals surface area contributed by atoms with E-state index in [2.05, 4.69) is 194 Å². The lowest BCUT2D eigenvalue weighted by Crippen LogP contribution is -2.26. The highest BCUT2D eigenvalue weighted by Crippen LogP contribution is 2.65. The normalized spacial score (nSPS) is 13.6. The van der Waals surface area contributed by atoms with Gasteiger partial charge in [-0.2, -0.15) is 0 Å². The quantitative estimate of drug-likeness (QED) is 0.158. The van der Waals surface area contributed by atoms with Gasteiger partial charge in [-0.1, -0.05) is 158 Å². The van der Waals surface area contributed by atoms with Crippen molar-refractivity contribution < 1.29 is 0 Å². The molecule has 252 valence electrons. The molecule has 0 radical (unpaired) electrons. The maximum atomic E-state index is 2.56. The summed E-state index contributed by atoms with van der Waals surface area (Å²) in [5.74, 6) is 0. The van der Waals surface area contributed by atoms with E-state index >= 15 is 0 Å². The molecule has 2 aliphatic rings. The lowest BCUT2D eigenvalue weighted by molar-refractivity contribution is 0.795. The van der Waals surface area contributed by atoms with E-state index in [0.717, 1.165) is 0 Å². The highest BCUT2D eigenvalue weighted by molar-refractivity contribution is 6.24. The van der Waals surface area contributed by atoms with Gasteiger partial charge in [-0.15, -0.1) is 0 Å². The fraction of sp³-hybridized carbons (Fsp3) is 0.0182. The highest BCUT2D eigenvalue weighted by Gasteiger charge is 2.52. The van der Waals surface area contributed by atoms with Crippen LogP contribution in [-0.2, 0) is 5.41 Å². The van der Waals surface area contributed by atoms with Crippen molar-refractivity contribution in [2.45, 2.75) is 5.41 Å². The maximum absolute atomic E-state index is 2.56. The summed E-state index contributed by atoms with van der Waals surface area (Å²) in [5.41, 5.74) is 15.3. The molecule has 0 saturated heterocycles. The summed E-state index contributed by atoms with van der Waals surface area (Å²) in [5, 5.41) is 12.9. The van der Waals surface area contributed by atoms with E-state index in [1.54, 1.807) is 0 Å². The molecule has 0 bridgehead atoms. The van der Waals surface area contributed by atoms with E-state index in [0.29, 0.717) is 0 Å². The minimum atomic E-state index is -0.479. The van der Waals surface area contributed by atoms with Crippen LogP contribution in [0, 0.1) is 0 Å². The molecule has 0 heterocycles. The standard InChI is InChI=1S/C55H32/c1-2-13-37-31-50-47(29-36(37)12-1)54-46(43-20-10-14-33-11-3-4-17-42(33)43)30-41(32-51(54)55(50)48-21-7-5-18-44(48)45-19-6-8-22-49(45)55)40-27-38-25-23-34-15-9-16-35-24-26-39(28-40)53(38)52(34)35/h1-32H. The summed E-state index contributed by atoms with van der Waals surface area (Å²) in [6, 6.07) is 73.7. The summed E-state index contributed by atoms with van der Waals surface area (Å²) in [6.07, 6.45) is 0. The Labute approximate surface area is 318 Å². The Morgan fingerprint density at radius 2 is 0.764 bits per heavy atom. The van der Waals surface area contributed by atoms with Gasteiger partial charge in [-0.3, -0.25) is 0 Å². The van der Waals surface area contributed by atoms with Crippen LogP contribution in [0.2, 0.25) is 0 Å². The lowest BCUT2D eigenvalue weighted by Gasteiger charge is -2.31. The first kappa shape index (κ1) is 29.4. The van der Waals surface area contributed by atoms with E-state index in [1.807, 2.05) is 0 Å². The number of rotatable bonds is 2. The van der Waals surface area contributed by atoms with Gasteiger partial charge in [-0.05, 0) is 157 Å². The summed E-state index contributed by atoms with van der Waals surface area (Å²) >= 11 is 0. The van der Waals surface area contributed by atoms with Crippen LogP contribution < -0.4 is 0 Å². The maximum Gasteiger partial charge on any atom is 0.0726 e. The highest BCUT2D eigenvalue weighted by atomic mass is 14.5. The van der Waals surface area contributed by atoms with Crippen LogP contribution in [0.4, 0.5) is 0 Å². The van der Waals surface area contributed by atoms with Gasteiger partial charge in [0.05, 0.1) is 5.41 Å². The first-order valence-electron chi connectivity index (χ1n) is 19.3. The number of benzene rings is 11. The van der Waals surface area contributed by atoms with Crippen LogP contribution in [0.3, 0.4) is 0 Å². The zero-order valence-corrected chi connectivity index (χ0v) is 30.0. The first-order valence-corrected chi connectivity index (χ1v) is 19.3. The topological polar surface area (TPSA) is 0 Å². The Bertz CT molecular complexity index is 3320. The minimum absolute atomic E-state index is 0.479. The molecular weight excluding hydrogens is 661 g/mol. The average molecular weight is 693 g/mol. The van der Waals surface area contributed by atoms with Crippen molar-refractivity contribution in [2.75, 3.05) is 0 Å². The molecule has 0 unspecified atom stereocenters. The molecular formula is C55H32. The summed E-state index contributed by atoms with van der Waals surface area (Å²) in [4.78, 5) is 0. The largest absolute Gasteiger partial charge is 0.0726 e. The van der Waals surface area contributed by atoms with Gasteiger partial charge >= 0.3 is 0 Å². The first-order chi connectivity index (χ1) is 27.3. The van der Waals surface area contributed by atoms with Crippen molar-refractivity contribution in [1.29, 1.82) is 0 Å². The SMILES string of the molecule is c1ccc2c(c1)-c1ccccc1C21c2cc3ccccc3cc2-c2c(-c3cccc4ccccc34)cc(-c3cc4ccc5cccc6ccc(c3)c4c56)cc21.